The molecular weight excluding hydrogens is 412 g/mol. The van der Waals surface area contributed by atoms with Crippen LogP contribution in [0.2, 0.25) is 0 Å². The van der Waals surface area contributed by atoms with Crippen molar-refractivity contribution in [2.45, 2.75) is 57.2 Å². The Labute approximate surface area is 184 Å². The van der Waals surface area contributed by atoms with E-state index in [9.17, 15) is 18.0 Å². The van der Waals surface area contributed by atoms with Gasteiger partial charge in [-0.15, -0.1) is 0 Å². The number of rotatable bonds is 7. The summed E-state index contributed by atoms with van der Waals surface area (Å²) in [7, 11) is -3.68. The van der Waals surface area contributed by atoms with Crippen molar-refractivity contribution in [2.75, 3.05) is 11.1 Å². The number of amides is 2. The molecule has 0 radical (unpaired) electrons. The van der Waals surface area contributed by atoms with Crippen LogP contribution >= 0.6 is 0 Å². The number of aryl methyl sites for hydroxylation is 1. The maximum atomic E-state index is 12.6. The van der Waals surface area contributed by atoms with E-state index in [1.54, 1.807) is 36.4 Å². The van der Waals surface area contributed by atoms with Gasteiger partial charge in [0.15, 0.2) is 9.84 Å². The molecule has 7 heteroatoms. The van der Waals surface area contributed by atoms with Crippen LogP contribution in [0.4, 0.5) is 5.69 Å². The molecule has 0 spiro atoms. The molecule has 2 aromatic rings. The second kappa shape index (κ2) is 10.6. The molecule has 0 atom stereocenters. The lowest BCUT2D eigenvalue weighted by molar-refractivity contribution is -0.113. The van der Waals surface area contributed by atoms with E-state index in [2.05, 4.69) is 10.6 Å². The van der Waals surface area contributed by atoms with Gasteiger partial charge in [0.05, 0.1) is 5.75 Å². The first kappa shape index (κ1) is 23.0. The molecule has 6 nitrogen and oxygen atoms in total. The summed E-state index contributed by atoms with van der Waals surface area (Å²) in [4.78, 5) is 24.8. The highest BCUT2D eigenvalue weighted by molar-refractivity contribution is 7.91. The van der Waals surface area contributed by atoms with Crippen LogP contribution in [0.25, 0.3) is 0 Å². The van der Waals surface area contributed by atoms with Gasteiger partial charge in [0.25, 0.3) is 5.91 Å². The number of carbonyl (C=O) groups is 2. The zero-order valence-corrected chi connectivity index (χ0v) is 18.7. The molecular formula is C24H30N2O4S. The van der Waals surface area contributed by atoms with Gasteiger partial charge in [-0.25, -0.2) is 8.42 Å². The highest BCUT2D eigenvalue weighted by Gasteiger charge is 2.20. The summed E-state index contributed by atoms with van der Waals surface area (Å²) in [5.41, 5.74) is 2.55. The van der Waals surface area contributed by atoms with Crippen LogP contribution in [-0.4, -0.2) is 32.0 Å². The van der Waals surface area contributed by atoms with Gasteiger partial charge in [-0.1, -0.05) is 55.5 Å². The topological polar surface area (TPSA) is 92.3 Å². The highest BCUT2D eigenvalue weighted by Crippen LogP contribution is 2.18. The standard InChI is InChI=1S/C24H30N2O4S/c1-18-11-13-22(14-12-18)25-23(27)17-31(29,30)16-19-7-6-8-20(15-19)24(28)26-21-9-4-2-3-5-10-21/h6-8,11-15,21H,2-5,9-10,16-17H2,1H3,(H,25,27)(H,26,28). The third kappa shape index (κ3) is 7.51. The average molecular weight is 443 g/mol. The van der Waals surface area contributed by atoms with E-state index in [0.29, 0.717) is 16.8 Å². The highest BCUT2D eigenvalue weighted by atomic mass is 32.2. The minimum absolute atomic E-state index is 0.174. The summed E-state index contributed by atoms with van der Waals surface area (Å²) in [5.74, 6) is -1.66. The summed E-state index contributed by atoms with van der Waals surface area (Å²) in [5, 5.41) is 5.69. The van der Waals surface area contributed by atoms with Crippen LogP contribution in [0.15, 0.2) is 48.5 Å². The molecule has 0 aliphatic heterocycles. The van der Waals surface area contributed by atoms with Crippen molar-refractivity contribution in [2.24, 2.45) is 0 Å². The van der Waals surface area contributed by atoms with Crippen molar-refractivity contribution >= 4 is 27.3 Å². The molecule has 0 aromatic heterocycles. The summed E-state index contributed by atoms with van der Waals surface area (Å²) >= 11 is 0. The largest absolute Gasteiger partial charge is 0.349 e. The smallest absolute Gasteiger partial charge is 0.251 e. The number of hydrogen-bond donors (Lipinski definition) is 2. The van der Waals surface area contributed by atoms with Gasteiger partial charge in [0.2, 0.25) is 5.91 Å². The van der Waals surface area contributed by atoms with Crippen LogP contribution in [0, 0.1) is 6.92 Å². The maximum absolute atomic E-state index is 12.6. The number of benzene rings is 2. The SMILES string of the molecule is Cc1ccc(NC(=O)CS(=O)(=O)Cc2cccc(C(=O)NC3CCCCCC3)c2)cc1. The minimum atomic E-state index is -3.68. The monoisotopic (exact) mass is 442 g/mol. The number of carbonyl (C=O) groups excluding carboxylic acids is 2. The third-order valence-corrected chi connectivity index (χ3v) is 6.93. The summed E-state index contributed by atoms with van der Waals surface area (Å²) in [6.45, 7) is 1.93. The van der Waals surface area contributed by atoms with Gasteiger partial charge >= 0.3 is 0 Å². The molecule has 1 saturated carbocycles. The van der Waals surface area contributed by atoms with Crippen molar-refractivity contribution in [3.05, 3.63) is 65.2 Å². The fraction of sp³-hybridized carbons (Fsp3) is 0.417. The molecule has 31 heavy (non-hydrogen) atoms. The van der Waals surface area contributed by atoms with E-state index in [-0.39, 0.29) is 17.7 Å². The Morgan fingerprint density at radius 2 is 1.65 bits per heavy atom. The first-order valence-electron chi connectivity index (χ1n) is 10.8. The molecule has 166 valence electrons. The molecule has 1 aliphatic rings. The predicted octanol–water partition coefficient (Wildman–Crippen LogP) is 4.00. The molecule has 3 rings (SSSR count). The average Bonchev–Trinajstić information content (AvgIpc) is 2.97. The van der Waals surface area contributed by atoms with Crippen molar-refractivity contribution in [3.8, 4) is 0 Å². The second-order valence-electron chi connectivity index (χ2n) is 8.31. The van der Waals surface area contributed by atoms with Crippen LogP contribution < -0.4 is 10.6 Å². The van der Waals surface area contributed by atoms with Gasteiger partial charge in [-0.2, -0.15) is 0 Å². The Bertz CT molecular complexity index is 1010. The van der Waals surface area contributed by atoms with Gasteiger partial charge in [-0.05, 0) is 49.6 Å². The van der Waals surface area contributed by atoms with E-state index in [1.807, 2.05) is 19.1 Å². The van der Waals surface area contributed by atoms with Gasteiger partial charge in [0.1, 0.15) is 5.75 Å². The molecule has 1 fully saturated rings. The summed E-state index contributed by atoms with van der Waals surface area (Å²) in [6, 6.07) is 14.0. The van der Waals surface area contributed by atoms with Gasteiger partial charge < -0.3 is 10.6 Å². The number of nitrogens with one attached hydrogen (secondary N) is 2. The molecule has 2 aromatic carbocycles. The summed E-state index contributed by atoms with van der Waals surface area (Å²) < 4.78 is 25.1. The molecule has 1 aliphatic carbocycles. The Morgan fingerprint density at radius 1 is 0.968 bits per heavy atom. The third-order valence-electron chi connectivity index (χ3n) is 5.45. The minimum Gasteiger partial charge on any atom is -0.349 e. The van der Waals surface area contributed by atoms with E-state index < -0.39 is 21.5 Å². The summed E-state index contributed by atoms with van der Waals surface area (Å²) in [6.07, 6.45) is 6.61. The van der Waals surface area contributed by atoms with E-state index in [0.717, 1.165) is 31.2 Å². The molecule has 0 heterocycles. The van der Waals surface area contributed by atoms with Crippen LogP contribution in [0.3, 0.4) is 0 Å². The molecule has 0 bridgehead atoms. The molecule has 0 saturated heterocycles. The molecule has 0 unspecified atom stereocenters. The van der Waals surface area contributed by atoms with E-state index >= 15 is 0 Å². The maximum Gasteiger partial charge on any atom is 0.251 e. The van der Waals surface area contributed by atoms with Crippen LogP contribution in [0.1, 0.15) is 60.0 Å². The van der Waals surface area contributed by atoms with E-state index in [4.69, 9.17) is 0 Å². The number of anilines is 1. The van der Waals surface area contributed by atoms with Gasteiger partial charge in [-0.3, -0.25) is 9.59 Å². The Morgan fingerprint density at radius 3 is 2.32 bits per heavy atom. The zero-order chi connectivity index (χ0) is 22.3. The lowest BCUT2D eigenvalue weighted by Crippen LogP contribution is -2.34. The van der Waals surface area contributed by atoms with Crippen molar-refractivity contribution in [1.29, 1.82) is 0 Å². The fourth-order valence-electron chi connectivity index (χ4n) is 3.83. The lowest BCUT2D eigenvalue weighted by atomic mass is 10.1. The van der Waals surface area contributed by atoms with Crippen molar-refractivity contribution in [1.82, 2.24) is 5.32 Å². The Balaban J connectivity index is 1.58. The van der Waals surface area contributed by atoms with Crippen LogP contribution in [-0.2, 0) is 20.4 Å². The second-order valence-corrected chi connectivity index (χ2v) is 10.4. The Hall–Kier alpha value is -2.67. The fourth-order valence-corrected chi connectivity index (χ4v) is 5.09. The van der Waals surface area contributed by atoms with Crippen LogP contribution in [0.5, 0.6) is 0 Å². The molecule has 2 amide bonds. The van der Waals surface area contributed by atoms with Crippen molar-refractivity contribution in [3.63, 3.8) is 0 Å². The zero-order valence-electron chi connectivity index (χ0n) is 17.9. The first-order valence-corrected chi connectivity index (χ1v) is 12.6. The normalized spacial score (nSPS) is 15.1. The molecule has 2 N–H and O–H groups in total. The lowest BCUT2D eigenvalue weighted by Gasteiger charge is -2.16. The number of sulfone groups is 1. The Kier molecular flexibility index (Phi) is 7.85. The first-order chi connectivity index (χ1) is 14.8. The quantitative estimate of drug-likeness (QED) is 0.634. The van der Waals surface area contributed by atoms with Gasteiger partial charge in [0, 0.05) is 17.3 Å². The van der Waals surface area contributed by atoms with E-state index in [1.165, 1.54) is 12.8 Å². The number of hydrogen-bond acceptors (Lipinski definition) is 4. The predicted molar refractivity (Wildman–Crippen MR) is 123 cm³/mol. The van der Waals surface area contributed by atoms with Crippen molar-refractivity contribution < 1.29 is 18.0 Å².